The summed E-state index contributed by atoms with van der Waals surface area (Å²) in [5.41, 5.74) is 5.53. The van der Waals surface area contributed by atoms with E-state index in [1.165, 1.54) is 11.1 Å². The Morgan fingerprint density at radius 1 is 0.976 bits per heavy atom. The first-order valence-electron chi connectivity index (χ1n) is 14.5. The minimum absolute atomic E-state index is 0.0989. The Balaban J connectivity index is 1.30. The Bertz CT molecular complexity index is 1430. The summed E-state index contributed by atoms with van der Waals surface area (Å²) in [7, 11) is 0. The lowest BCUT2D eigenvalue weighted by molar-refractivity contribution is -0.167. The van der Waals surface area contributed by atoms with Gasteiger partial charge in [-0.3, -0.25) is 9.59 Å². The van der Waals surface area contributed by atoms with Crippen LogP contribution in [-0.2, 0) is 29.1 Å². The van der Waals surface area contributed by atoms with Crippen LogP contribution >= 0.6 is 0 Å². The number of aliphatic hydroxyl groups excluding tert-OH is 1. The van der Waals surface area contributed by atoms with Gasteiger partial charge < -0.3 is 25.1 Å². The number of nitrogens with zero attached hydrogens (tertiary/aromatic N) is 3. The summed E-state index contributed by atoms with van der Waals surface area (Å²) in [5, 5.41) is 12.9. The first kappa shape index (κ1) is 26.9. The van der Waals surface area contributed by atoms with E-state index in [1.807, 2.05) is 47.4 Å². The van der Waals surface area contributed by atoms with E-state index >= 15 is 0 Å². The van der Waals surface area contributed by atoms with Crippen LogP contribution in [0.5, 0.6) is 0 Å². The molecule has 8 nitrogen and oxygen atoms in total. The quantitative estimate of drug-likeness (QED) is 0.544. The Labute approximate surface area is 240 Å². The van der Waals surface area contributed by atoms with Crippen molar-refractivity contribution in [2.24, 2.45) is 0 Å². The minimum atomic E-state index is -0.707. The minimum Gasteiger partial charge on any atom is -0.512 e. The Kier molecular flexibility index (Phi) is 7.63. The maximum atomic E-state index is 14.1. The zero-order chi connectivity index (χ0) is 28.3. The van der Waals surface area contributed by atoms with Gasteiger partial charge in [0.25, 0.3) is 0 Å². The first-order valence-corrected chi connectivity index (χ1v) is 14.5. The van der Waals surface area contributed by atoms with Crippen molar-refractivity contribution < 1.29 is 19.5 Å². The summed E-state index contributed by atoms with van der Waals surface area (Å²) in [6.07, 6.45) is 11.0. The fourth-order valence-electron chi connectivity index (χ4n) is 6.41. The van der Waals surface area contributed by atoms with Gasteiger partial charge in [-0.2, -0.15) is 0 Å². The lowest BCUT2D eigenvalue weighted by Crippen LogP contribution is -2.71. The highest BCUT2D eigenvalue weighted by molar-refractivity contribution is 5.91. The maximum absolute atomic E-state index is 14.1. The number of aliphatic hydroxyl groups is 1. The SMILES string of the molecule is O=C1[C@H](CC2=CC=C(O)CC2)N2C(=O)CCN(C(=O)NCc3ccccc3)[C@H]2CN1Cc1cccc2c1C=CCC2. The Morgan fingerprint density at radius 3 is 2.63 bits per heavy atom. The van der Waals surface area contributed by atoms with Gasteiger partial charge in [0, 0.05) is 32.5 Å². The molecular weight excluding hydrogens is 516 g/mol. The van der Waals surface area contributed by atoms with Gasteiger partial charge in [-0.1, -0.05) is 72.3 Å². The van der Waals surface area contributed by atoms with E-state index in [0.717, 1.165) is 29.5 Å². The van der Waals surface area contributed by atoms with Crippen molar-refractivity contribution in [1.29, 1.82) is 0 Å². The molecule has 2 atom stereocenters. The van der Waals surface area contributed by atoms with Gasteiger partial charge in [-0.25, -0.2) is 4.79 Å². The molecular formula is C33H36N4O4. The van der Waals surface area contributed by atoms with E-state index in [-0.39, 0.29) is 30.8 Å². The summed E-state index contributed by atoms with van der Waals surface area (Å²) in [5.74, 6) is 0.119. The van der Waals surface area contributed by atoms with E-state index in [9.17, 15) is 19.5 Å². The summed E-state index contributed by atoms with van der Waals surface area (Å²) in [4.78, 5) is 46.3. The molecule has 0 radical (unpaired) electrons. The molecule has 4 amide bonds. The zero-order valence-corrected chi connectivity index (χ0v) is 23.2. The Hall–Kier alpha value is -4.33. The van der Waals surface area contributed by atoms with Gasteiger partial charge in [0.1, 0.15) is 12.2 Å². The fraction of sp³-hybridized carbons (Fsp3) is 0.364. The van der Waals surface area contributed by atoms with Crippen molar-refractivity contribution >= 4 is 23.9 Å². The predicted octanol–water partition coefficient (Wildman–Crippen LogP) is 4.68. The van der Waals surface area contributed by atoms with Crippen LogP contribution < -0.4 is 5.32 Å². The topological polar surface area (TPSA) is 93.2 Å². The van der Waals surface area contributed by atoms with Gasteiger partial charge in [0.2, 0.25) is 11.8 Å². The summed E-state index contributed by atoms with van der Waals surface area (Å²) < 4.78 is 0. The molecule has 0 aromatic heterocycles. The average Bonchev–Trinajstić information content (AvgIpc) is 3.00. The number of hydrogen-bond donors (Lipinski definition) is 2. The first-order chi connectivity index (χ1) is 20.0. The van der Waals surface area contributed by atoms with Crippen LogP contribution in [0.4, 0.5) is 4.79 Å². The molecule has 2 aromatic carbocycles. The van der Waals surface area contributed by atoms with Crippen molar-refractivity contribution in [2.45, 2.75) is 63.8 Å². The number of hydrogen-bond acceptors (Lipinski definition) is 4. The molecule has 0 saturated carbocycles. The van der Waals surface area contributed by atoms with Crippen molar-refractivity contribution in [3.63, 3.8) is 0 Å². The maximum Gasteiger partial charge on any atom is 0.319 e. The van der Waals surface area contributed by atoms with Gasteiger partial charge in [0.05, 0.1) is 12.3 Å². The number of allylic oxidation sites excluding steroid dienone is 4. The summed E-state index contributed by atoms with van der Waals surface area (Å²) >= 11 is 0. The number of carbonyl (C=O) groups is 3. The van der Waals surface area contributed by atoms with Crippen molar-refractivity contribution in [1.82, 2.24) is 20.0 Å². The highest BCUT2D eigenvalue weighted by Gasteiger charge is 2.49. The number of amides is 4. The molecule has 2 fully saturated rings. The second-order valence-corrected chi connectivity index (χ2v) is 11.2. The van der Waals surface area contributed by atoms with Crippen LogP contribution in [0.2, 0.25) is 0 Å². The van der Waals surface area contributed by atoms with Crippen LogP contribution in [-0.4, -0.2) is 62.9 Å². The molecule has 2 aliphatic heterocycles. The molecule has 2 aromatic rings. The summed E-state index contributed by atoms with van der Waals surface area (Å²) in [6.45, 7) is 1.36. The van der Waals surface area contributed by atoms with Crippen molar-refractivity contribution in [3.8, 4) is 0 Å². The second kappa shape index (κ2) is 11.6. The van der Waals surface area contributed by atoms with E-state index < -0.39 is 12.2 Å². The van der Waals surface area contributed by atoms with Gasteiger partial charge in [0.15, 0.2) is 0 Å². The van der Waals surface area contributed by atoms with Gasteiger partial charge >= 0.3 is 6.03 Å². The molecule has 212 valence electrons. The molecule has 0 unspecified atom stereocenters. The highest BCUT2D eigenvalue weighted by Crippen LogP contribution is 2.33. The molecule has 0 bridgehead atoms. The number of fused-ring (bicyclic) bond motifs is 2. The smallest absolute Gasteiger partial charge is 0.319 e. The second-order valence-electron chi connectivity index (χ2n) is 11.2. The summed E-state index contributed by atoms with van der Waals surface area (Å²) in [6, 6.07) is 15.0. The van der Waals surface area contributed by atoms with Gasteiger partial charge in [-0.05, 0) is 54.0 Å². The zero-order valence-electron chi connectivity index (χ0n) is 23.2. The largest absolute Gasteiger partial charge is 0.512 e. The Morgan fingerprint density at radius 2 is 1.83 bits per heavy atom. The number of nitrogens with one attached hydrogen (secondary N) is 1. The monoisotopic (exact) mass is 552 g/mol. The number of benzene rings is 2. The van der Waals surface area contributed by atoms with Crippen LogP contribution in [0, 0.1) is 0 Å². The highest BCUT2D eigenvalue weighted by atomic mass is 16.3. The fourth-order valence-corrected chi connectivity index (χ4v) is 6.41. The molecule has 0 spiro atoms. The third-order valence-corrected chi connectivity index (χ3v) is 8.58. The number of aryl methyl sites for hydroxylation is 1. The third-order valence-electron chi connectivity index (χ3n) is 8.58. The van der Waals surface area contributed by atoms with E-state index in [4.69, 9.17) is 0 Å². The van der Waals surface area contributed by atoms with Crippen LogP contribution in [0.3, 0.4) is 0 Å². The number of urea groups is 1. The number of carbonyl (C=O) groups excluding carboxylic acids is 3. The molecule has 2 saturated heterocycles. The van der Waals surface area contributed by atoms with Crippen molar-refractivity contribution in [3.05, 3.63) is 100 Å². The number of rotatable bonds is 6. The molecule has 8 heteroatoms. The third kappa shape index (κ3) is 5.64. The molecule has 4 aliphatic rings. The van der Waals surface area contributed by atoms with Crippen LogP contribution in [0.15, 0.2) is 78.1 Å². The predicted molar refractivity (Wildman–Crippen MR) is 156 cm³/mol. The molecule has 2 heterocycles. The van der Waals surface area contributed by atoms with Crippen molar-refractivity contribution in [2.75, 3.05) is 13.1 Å². The standard InChI is InChI=1S/C33H36N4O4/c38-27-15-13-23(14-16-27)19-29-32(40)35(21-26-11-6-10-25-9-4-5-12-28(25)26)22-30-36(18-17-31(39)37(29)30)33(41)34-20-24-7-2-1-3-8-24/h1-3,5-8,10-13,15,29-30,38H,4,9,14,16-22H2,(H,34,41)/t29-,30+/m0/s1. The van der Waals surface area contributed by atoms with Crippen LogP contribution in [0.25, 0.3) is 6.08 Å². The molecule has 2 N–H and O–H groups in total. The van der Waals surface area contributed by atoms with Gasteiger partial charge in [-0.15, -0.1) is 0 Å². The lowest BCUT2D eigenvalue weighted by Gasteiger charge is -2.52. The van der Waals surface area contributed by atoms with E-state index in [0.29, 0.717) is 44.7 Å². The van der Waals surface area contributed by atoms with Crippen LogP contribution in [0.1, 0.15) is 54.4 Å². The molecule has 2 aliphatic carbocycles. The molecule has 41 heavy (non-hydrogen) atoms. The van der Waals surface area contributed by atoms with E-state index in [2.05, 4.69) is 29.6 Å². The van der Waals surface area contributed by atoms with E-state index in [1.54, 1.807) is 15.9 Å². The molecule has 6 rings (SSSR count). The lowest BCUT2D eigenvalue weighted by atomic mass is 9.91. The average molecular weight is 553 g/mol. The normalized spacial score (nSPS) is 22.1. The number of piperazine rings is 1.